The Kier molecular flexibility index (Phi) is 18.8. The second kappa shape index (κ2) is 21.8. The van der Waals surface area contributed by atoms with Gasteiger partial charge in [0.2, 0.25) is 23.6 Å². The molecule has 1 saturated heterocycles. The van der Waals surface area contributed by atoms with Gasteiger partial charge >= 0.3 is 11.9 Å². The minimum Gasteiger partial charge on any atom is -0.480 e. The van der Waals surface area contributed by atoms with Gasteiger partial charge < -0.3 is 42.2 Å². The van der Waals surface area contributed by atoms with Crippen molar-refractivity contribution >= 4 is 57.4 Å². The van der Waals surface area contributed by atoms with Gasteiger partial charge in [-0.25, -0.2) is 0 Å². The first-order valence-electron chi connectivity index (χ1n) is 20.0. The fraction of sp³-hybridized carbons (Fsp3) is 0.683. The smallest absolute Gasteiger partial charge is 0.320 e. The molecule has 2 rings (SSSR count). The van der Waals surface area contributed by atoms with E-state index in [-0.39, 0.29) is 24.4 Å². The minimum atomic E-state index is -1.52. The normalized spacial score (nSPS) is 17.9. The number of amides is 5. The number of likely N-dealkylation sites (tertiary alicyclic amines) is 1. The average Bonchev–Trinajstić information content (AvgIpc) is 3.57. The molecule has 16 nitrogen and oxygen atoms in total. The largest absolute Gasteiger partial charge is 0.480 e. The number of nitrogens with two attached hydrogens (primary N) is 1. The summed E-state index contributed by atoms with van der Waals surface area (Å²) in [6.45, 7) is 19.8. The van der Waals surface area contributed by atoms with Gasteiger partial charge in [-0.1, -0.05) is 50.0 Å². The van der Waals surface area contributed by atoms with Crippen LogP contribution in [0.15, 0.2) is 22.7 Å². The highest BCUT2D eigenvalue weighted by Gasteiger charge is 2.43. The number of nitrogens with one attached hydrogen (secondary N) is 5. The predicted molar refractivity (Wildman–Crippen MR) is 223 cm³/mol. The number of carboxylic acid groups (broad SMARTS) is 1. The summed E-state index contributed by atoms with van der Waals surface area (Å²) in [6.07, 6.45) is 0.927. The van der Waals surface area contributed by atoms with Gasteiger partial charge in [-0.2, -0.15) is 0 Å². The lowest BCUT2D eigenvalue weighted by Gasteiger charge is -2.37. The first kappa shape index (κ1) is 50.1. The minimum absolute atomic E-state index is 0.0696. The van der Waals surface area contributed by atoms with E-state index in [1.54, 1.807) is 78.5 Å². The molecule has 326 valence electrons. The summed E-state index contributed by atoms with van der Waals surface area (Å²) in [7, 11) is 0. The SMILES string of the molecule is CC[C@H](C)[C@H](NC(=O)[C@H](CC(=O)OC(C)(C)C)NC(=O)[C@H](CC(C)C)NC(=O)c1ccc(Br)c(CN)c1)C(=O)N[C@@H](C)[C@@H](C(=O)NC(C)(C)C)N1CCC[C@H]1C(=O)O. The van der Waals surface area contributed by atoms with Crippen LogP contribution in [-0.2, 0) is 40.0 Å². The average molecular weight is 881 g/mol. The van der Waals surface area contributed by atoms with Crippen molar-refractivity contribution in [2.45, 2.75) is 162 Å². The molecule has 1 aliphatic rings. The molecule has 0 aliphatic carbocycles. The molecule has 1 fully saturated rings. The van der Waals surface area contributed by atoms with Gasteiger partial charge in [-0.15, -0.1) is 0 Å². The van der Waals surface area contributed by atoms with Gasteiger partial charge in [0.05, 0.1) is 12.5 Å². The summed E-state index contributed by atoms with van der Waals surface area (Å²) in [5, 5.41) is 23.8. The number of nitrogens with zero attached hydrogens (tertiary/aromatic N) is 1. The van der Waals surface area contributed by atoms with E-state index < -0.39 is 101 Å². The van der Waals surface area contributed by atoms with E-state index in [9.17, 15) is 38.7 Å². The molecule has 0 spiro atoms. The molecule has 0 saturated carbocycles. The summed E-state index contributed by atoms with van der Waals surface area (Å²) < 4.78 is 6.22. The van der Waals surface area contributed by atoms with Gasteiger partial charge in [0, 0.05) is 22.1 Å². The Labute approximate surface area is 351 Å². The summed E-state index contributed by atoms with van der Waals surface area (Å²) >= 11 is 3.40. The molecule has 5 amide bonds. The first-order chi connectivity index (χ1) is 26.8. The molecule has 7 atom stereocenters. The third-order valence-electron chi connectivity index (χ3n) is 9.62. The summed E-state index contributed by atoms with van der Waals surface area (Å²) in [5.74, 6) is -5.62. The maximum absolute atomic E-state index is 14.2. The molecule has 0 unspecified atom stereocenters. The molecule has 1 aromatic rings. The van der Waals surface area contributed by atoms with Crippen molar-refractivity contribution < 1.29 is 43.4 Å². The Morgan fingerprint density at radius 3 is 2.05 bits per heavy atom. The Balaban J connectivity index is 2.45. The number of rotatable bonds is 19. The van der Waals surface area contributed by atoms with Crippen molar-refractivity contribution in [3.8, 4) is 0 Å². The number of carbonyl (C=O) groups excluding carboxylic acids is 6. The van der Waals surface area contributed by atoms with Crippen LogP contribution in [0, 0.1) is 11.8 Å². The topological polar surface area (TPSA) is 238 Å². The third kappa shape index (κ3) is 15.6. The molecule has 58 heavy (non-hydrogen) atoms. The van der Waals surface area contributed by atoms with Crippen molar-refractivity contribution in [3.05, 3.63) is 33.8 Å². The van der Waals surface area contributed by atoms with E-state index in [0.29, 0.717) is 31.4 Å². The van der Waals surface area contributed by atoms with E-state index in [2.05, 4.69) is 42.5 Å². The van der Waals surface area contributed by atoms with Crippen LogP contribution in [0.2, 0.25) is 0 Å². The maximum Gasteiger partial charge on any atom is 0.320 e. The van der Waals surface area contributed by atoms with Crippen LogP contribution in [0.5, 0.6) is 0 Å². The van der Waals surface area contributed by atoms with Crippen molar-refractivity contribution in [1.29, 1.82) is 0 Å². The first-order valence-corrected chi connectivity index (χ1v) is 20.8. The van der Waals surface area contributed by atoms with Crippen molar-refractivity contribution in [2.75, 3.05) is 6.54 Å². The lowest BCUT2D eigenvalue weighted by Crippen LogP contribution is -2.64. The summed E-state index contributed by atoms with van der Waals surface area (Å²) in [6, 6.07) is -1.84. The standard InChI is InChI=1S/C41H66BrN7O9/c1-12-23(4)32(37(54)44-24(5)33(38(55)48-40(6,7)8)49-17-13-14-30(49)39(56)57)47-36(53)29(20-31(50)58-41(9,10)11)46-35(52)28(18-22(2)3)45-34(51)25-15-16-27(42)26(19-25)21-43/h15-16,19,22-24,28-30,32-33H,12-14,17-18,20-21,43H2,1-11H3,(H,44,54)(H,45,51)(H,46,52)(H,47,53)(H,48,55)(H,56,57)/t23-,24-,28-,29-,30-,32-,33-/m0/s1. The second-order valence-electron chi connectivity index (χ2n) is 17.6. The van der Waals surface area contributed by atoms with Crippen LogP contribution in [0.4, 0.5) is 0 Å². The van der Waals surface area contributed by atoms with Crippen molar-refractivity contribution in [1.82, 2.24) is 31.5 Å². The number of hydrogen-bond acceptors (Lipinski definition) is 10. The number of benzene rings is 1. The van der Waals surface area contributed by atoms with Crippen LogP contribution in [0.3, 0.4) is 0 Å². The highest BCUT2D eigenvalue weighted by molar-refractivity contribution is 9.10. The van der Waals surface area contributed by atoms with Crippen LogP contribution in [0.1, 0.15) is 124 Å². The zero-order chi connectivity index (χ0) is 44.3. The fourth-order valence-electron chi connectivity index (χ4n) is 6.69. The molecule has 0 radical (unpaired) electrons. The summed E-state index contributed by atoms with van der Waals surface area (Å²) in [5.41, 5.74) is 5.21. The molecule has 0 aromatic heterocycles. The van der Waals surface area contributed by atoms with E-state index >= 15 is 0 Å². The quantitative estimate of drug-likeness (QED) is 0.0997. The van der Waals surface area contributed by atoms with E-state index in [1.807, 2.05) is 20.8 Å². The Hall–Kier alpha value is -4.09. The Morgan fingerprint density at radius 1 is 0.897 bits per heavy atom. The molecule has 1 heterocycles. The number of carbonyl (C=O) groups is 7. The van der Waals surface area contributed by atoms with Gasteiger partial charge in [-0.05, 0) is 110 Å². The van der Waals surface area contributed by atoms with E-state index in [0.717, 1.165) is 4.47 Å². The van der Waals surface area contributed by atoms with Crippen molar-refractivity contribution in [3.63, 3.8) is 0 Å². The number of aliphatic carboxylic acids is 1. The lowest BCUT2D eigenvalue weighted by molar-refractivity contribution is -0.156. The van der Waals surface area contributed by atoms with Crippen molar-refractivity contribution in [2.24, 2.45) is 17.6 Å². The third-order valence-corrected chi connectivity index (χ3v) is 10.4. The maximum atomic E-state index is 14.2. The highest BCUT2D eigenvalue weighted by atomic mass is 79.9. The number of esters is 1. The van der Waals surface area contributed by atoms with Gasteiger partial charge in [-0.3, -0.25) is 38.5 Å². The van der Waals surface area contributed by atoms with Crippen LogP contribution < -0.4 is 32.3 Å². The van der Waals surface area contributed by atoms with E-state index in [1.165, 1.54) is 0 Å². The lowest BCUT2D eigenvalue weighted by atomic mass is 9.96. The van der Waals surface area contributed by atoms with Crippen LogP contribution >= 0.6 is 15.9 Å². The number of carboxylic acids is 1. The molecule has 1 aliphatic heterocycles. The molecule has 1 aromatic carbocycles. The number of halogens is 1. The Morgan fingerprint density at radius 2 is 1.52 bits per heavy atom. The summed E-state index contributed by atoms with van der Waals surface area (Å²) in [4.78, 5) is 96.2. The fourth-order valence-corrected chi connectivity index (χ4v) is 7.10. The van der Waals surface area contributed by atoms with Crippen LogP contribution in [0.25, 0.3) is 0 Å². The Bertz CT molecular complexity index is 1640. The second-order valence-corrected chi connectivity index (χ2v) is 18.5. The number of ether oxygens (including phenoxy) is 1. The molecule has 8 N–H and O–H groups in total. The highest BCUT2D eigenvalue weighted by Crippen LogP contribution is 2.24. The molecular formula is C41H66BrN7O9. The van der Waals surface area contributed by atoms with Gasteiger partial charge in [0.25, 0.3) is 5.91 Å². The van der Waals surface area contributed by atoms with Gasteiger partial charge in [0.1, 0.15) is 35.8 Å². The molecule has 0 bridgehead atoms. The zero-order valence-electron chi connectivity index (χ0n) is 35.9. The van der Waals surface area contributed by atoms with Gasteiger partial charge in [0.15, 0.2) is 0 Å². The zero-order valence-corrected chi connectivity index (χ0v) is 37.5. The predicted octanol–water partition coefficient (Wildman–Crippen LogP) is 3.14. The molecular weight excluding hydrogens is 814 g/mol. The number of hydrogen-bond donors (Lipinski definition) is 7. The van der Waals surface area contributed by atoms with E-state index in [4.69, 9.17) is 10.5 Å². The molecule has 17 heteroatoms. The van der Waals surface area contributed by atoms with Crippen LogP contribution in [-0.4, -0.2) is 105 Å². The monoisotopic (exact) mass is 879 g/mol.